The summed E-state index contributed by atoms with van der Waals surface area (Å²) in [7, 11) is 0. The predicted octanol–water partition coefficient (Wildman–Crippen LogP) is 4.33. The average Bonchev–Trinajstić information content (AvgIpc) is 3.41. The largest absolute Gasteiger partial charge is 0.438 e. The fourth-order valence-electron chi connectivity index (χ4n) is 3.98. The maximum Gasteiger partial charge on any atom is 0.266 e. The van der Waals surface area contributed by atoms with E-state index in [0.29, 0.717) is 44.2 Å². The second-order valence-corrected chi connectivity index (χ2v) is 8.82. The number of thiophene rings is 1. The number of ether oxygens (including phenoxy) is 1. The Bertz CT molecular complexity index is 1530. The zero-order valence-electron chi connectivity index (χ0n) is 18.0. The van der Waals surface area contributed by atoms with Gasteiger partial charge in [0.05, 0.1) is 10.3 Å². The molecule has 1 aromatic carbocycles. The Labute approximate surface area is 193 Å². The van der Waals surface area contributed by atoms with Gasteiger partial charge in [0.15, 0.2) is 0 Å². The van der Waals surface area contributed by atoms with E-state index in [1.807, 2.05) is 13.0 Å². The topological polar surface area (TPSA) is 110 Å². The Hall–Kier alpha value is -4.03. The summed E-state index contributed by atoms with van der Waals surface area (Å²) in [5.74, 6) is 1.24. The molecular weight excluding hydrogens is 438 g/mol. The fraction of sp³-hybridized carbons (Fsp3) is 0.208. The molecule has 9 heteroatoms. The SMILES string of the molecule is Cc1cc(Oc2ncccc2C#N)ccc1NC(=O)c1sc2nc3n(c(=O)c2c1C)CCC3. The van der Waals surface area contributed by atoms with Gasteiger partial charge in [-0.25, -0.2) is 9.97 Å². The number of nitrogens with one attached hydrogen (secondary N) is 1. The third-order valence-electron chi connectivity index (χ3n) is 5.67. The van der Waals surface area contributed by atoms with Gasteiger partial charge in [-0.2, -0.15) is 5.26 Å². The van der Waals surface area contributed by atoms with E-state index in [4.69, 9.17) is 4.74 Å². The number of amides is 1. The zero-order chi connectivity index (χ0) is 23.1. The van der Waals surface area contributed by atoms with Crippen LogP contribution in [0.15, 0.2) is 41.3 Å². The molecule has 5 rings (SSSR count). The molecule has 1 amide bonds. The molecule has 0 saturated heterocycles. The Morgan fingerprint density at radius 3 is 2.94 bits per heavy atom. The highest BCUT2D eigenvalue weighted by Gasteiger charge is 2.23. The molecule has 0 aliphatic carbocycles. The van der Waals surface area contributed by atoms with Crippen LogP contribution in [-0.4, -0.2) is 20.4 Å². The van der Waals surface area contributed by atoms with Crippen LogP contribution in [0.2, 0.25) is 0 Å². The molecule has 3 aromatic heterocycles. The Morgan fingerprint density at radius 2 is 2.15 bits per heavy atom. The summed E-state index contributed by atoms with van der Waals surface area (Å²) in [6, 6.07) is 10.6. The lowest BCUT2D eigenvalue weighted by Gasteiger charge is -2.11. The minimum Gasteiger partial charge on any atom is -0.438 e. The number of hydrogen-bond donors (Lipinski definition) is 1. The summed E-state index contributed by atoms with van der Waals surface area (Å²) in [5.41, 5.74) is 2.33. The highest BCUT2D eigenvalue weighted by molar-refractivity contribution is 7.20. The Morgan fingerprint density at radius 1 is 1.30 bits per heavy atom. The van der Waals surface area contributed by atoms with E-state index >= 15 is 0 Å². The summed E-state index contributed by atoms with van der Waals surface area (Å²) < 4.78 is 7.46. The van der Waals surface area contributed by atoms with Crippen molar-refractivity contribution in [1.29, 1.82) is 5.26 Å². The number of nitrogens with zero attached hydrogens (tertiary/aromatic N) is 4. The molecule has 0 saturated carbocycles. The molecule has 164 valence electrons. The molecule has 8 nitrogen and oxygen atoms in total. The molecule has 0 unspecified atom stereocenters. The van der Waals surface area contributed by atoms with Crippen LogP contribution in [0.3, 0.4) is 0 Å². The van der Waals surface area contributed by atoms with Gasteiger partial charge >= 0.3 is 0 Å². The van der Waals surface area contributed by atoms with Crippen LogP contribution in [0.4, 0.5) is 5.69 Å². The normalized spacial score (nSPS) is 12.4. The molecule has 0 atom stereocenters. The summed E-state index contributed by atoms with van der Waals surface area (Å²) >= 11 is 1.25. The third kappa shape index (κ3) is 3.64. The quantitative estimate of drug-likeness (QED) is 0.488. The van der Waals surface area contributed by atoms with Crippen LogP contribution in [0.5, 0.6) is 11.6 Å². The van der Waals surface area contributed by atoms with Crippen molar-refractivity contribution in [2.75, 3.05) is 5.32 Å². The summed E-state index contributed by atoms with van der Waals surface area (Å²) in [6.07, 6.45) is 3.26. The van der Waals surface area contributed by atoms with E-state index in [0.717, 1.165) is 24.2 Å². The van der Waals surface area contributed by atoms with Crippen LogP contribution in [-0.2, 0) is 13.0 Å². The van der Waals surface area contributed by atoms with E-state index in [9.17, 15) is 14.9 Å². The number of carbonyl (C=O) groups is 1. The van der Waals surface area contributed by atoms with Crippen molar-refractivity contribution >= 4 is 33.1 Å². The number of anilines is 1. The van der Waals surface area contributed by atoms with Gasteiger partial charge in [-0.1, -0.05) is 0 Å². The van der Waals surface area contributed by atoms with Gasteiger partial charge in [-0.3, -0.25) is 14.2 Å². The van der Waals surface area contributed by atoms with E-state index in [1.165, 1.54) is 11.3 Å². The molecule has 1 aliphatic heterocycles. The zero-order valence-corrected chi connectivity index (χ0v) is 18.8. The number of rotatable bonds is 4. The van der Waals surface area contributed by atoms with Crippen molar-refractivity contribution in [3.8, 4) is 17.7 Å². The number of carbonyl (C=O) groups excluding carboxylic acids is 1. The number of benzene rings is 1. The number of pyridine rings is 1. The van der Waals surface area contributed by atoms with Crippen molar-refractivity contribution in [3.63, 3.8) is 0 Å². The molecule has 0 radical (unpaired) electrons. The first-order valence-electron chi connectivity index (χ1n) is 10.4. The van der Waals surface area contributed by atoms with Gasteiger partial charge in [0.1, 0.15) is 28.0 Å². The maximum absolute atomic E-state index is 13.1. The minimum atomic E-state index is -0.284. The highest BCUT2D eigenvalue weighted by Crippen LogP contribution is 2.31. The summed E-state index contributed by atoms with van der Waals surface area (Å²) in [5, 5.41) is 12.7. The molecule has 1 N–H and O–H groups in total. The third-order valence-corrected chi connectivity index (χ3v) is 6.85. The molecule has 0 fully saturated rings. The standard InChI is InChI=1S/C24H19N5O3S/c1-13-11-16(32-22-15(12-25)5-3-9-26-22)7-8-17(13)27-21(30)20-14(2)19-23(33-20)28-18-6-4-10-29(18)24(19)31/h3,5,7-9,11H,4,6,10H2,1-2H3,(H,27,30). The van der Waals surface area contributed by atoms with Crippen molar-refractivity contribution < 1.29 is 9.53 Å². The highest BCUT2D eigenvalue weighted by atomic mass is 32.1. The van der Waals surface area contributed by atoms with E-state index in [-0.39, 0.29) is 17.3 Å². The average molecular weight is 458 g/mol. The number of hydrogen-bond acceptors (Lipinski definition) is 7. The second-order valence-electron chi connectivity index (χ2n) is 7.83. The number of aryl methyl sites for hydroxylation is 3. The molecule has 33 heavy (non-hydrogen) atoms. The monoisotopic (exact) mass is 457 g/mol. The first kappa shape index (κ1) is 20.8. The van der Waals surface area contributed by atoms with E-state index in [1.54, 1.807) is 48.0 Å². The molecule has 0 spiro atoms. The summed E-state index contributed by atoms with van der Waals surface area (Å²) in [6.45, 7) is 4.32. The number of nitriles is 1. The molecule has 4 aromatic rings. The van der Waals surface area contributed by atoms with E-state index < -0.39 is 0 Å². The van der Waals surface area contributed by atoms with Gasteiger partial charge in [0, 0.05) is 24.8 Å². The summed E-state index contributed by atoms with van der Waals surface area (Å²) in [4.78, 5) is 35.8. The van der Waals surface area contributed by atoms with E-state index in [2.05, 4.69) is 15.3 Å². The molecule has 4 heterocycles. The van der Waals surface area contributed by atoms with Crippen LogP contribution in [0.25, 0.3) is 10.2 Å². The molecule has 0 bridgehead atoms. The van der Waals surface area contributed by atoms with Crippen LogP contribution in [0, 0.1) is 25.2 Å². The maximum atomic E-state index is 13.1. The van der Waals surface area contributed by atoms with Gasteiger partial charge < -0.3 is 10.1 Å². The first-order valence-corrected chi connectivity index (χ1v) is 11.3. The van der Waals surface area contributed by atoms with Crippen molar-refractivity contribution in [2.45, 2.75) is 33.2 Å². The lowest BCUT2D eigenvalue weighted by molar-refractivity contribution is 0.103. The minimum absolute atomic E-state index is 0.0655. The van der Waals surface area contributed by atoms with Gasteiger partial charge in [-0.05, 0) is 61.7 Å². The van der Waals surface area contributed by atoms with Crippen molar-refractivity contribution in [1.82, 2.24) is 14.5 Å². The van der Waals surface area contributed by atoms with Crippen molar-refractivity contribution in [2.24, 2.45) is 0 Å². The lowest BCUT2D eigenvalue weighted by Crippen LogP contribution is -2.20. The van der Waals surface area contributed by atoms with Gasteiger partial charge in [-0.15, -0.1) is 11.3 Å². The molecular formula is C24H19N5O3S. The molecule has 1 aliphatic rings. The Balaban J connectivity index is 1.41. The van der Waals surface area contributed by atoms with Gasteiger partial charge in [0.25, 0.3) is 11.5 Å². The Kier molecular flexibility index (Phi) is 5.15. The van der Waals surface area contributed by atoms with Crippen LogP contribution >= 0.6 is 11.3 Å². The first-order chi connectivity index (χ1) is 16.0. The van der Waals surface area contributed by atoms with Crippen LogP contribution in [0.1, 0.15) is 38.6 Å². The second kappa shape index (κ2) is 8.15. The smallest absolute Gasteiger partial charge is 0.266 e. The van der Waals surface area contributed by atoms with Crippen LogP contribution < -0.4 is 15.6 Å². The van der Waals surface area contributed by atoms with Gasteiger partial charge in [0.2, 0.25) is 5.88 Å². The number of aromatic nitrogens is 3. The predicted molar refractivity (Wildman–Crippen MR) is 125 cm³/mol. The van der Waals surface area contributed by atoms with Crippen molar-refractivity contribution in [3.05, 3.63) is 74.3 Å². The fourth-order valence-corrected chi connectivity index (χ4v) is 5.07. The lowest BCUT2D eigenvalue weighted by atomic mass is 10.1. The number of fused-ring (bicyclic) bond motifs is 2.